The van der Waals surface area contributed by atoms with Crippen molar-refractivity contribution in [1.29, 1.82) is 0 Å². The molecule has 0 spiro atoms. The number of hydrogen-bond acceptors (Lipinski definition) is 1. The number of alkyl halides is 1. The molecule has 196 valence electrons. The van der Waals surface area contributed by atoms with E-state index >= 15 is 0 Å². The van der Waals surface area contributed by atoms with Gasteiger partial charge >= 0.3 is 0 Å². The van der Waals surface area contributed by atoms with E-state index in [9.17, 15) is 5.11 Å². The van der Waals surface area contributed by atoms with E-state index in [0.29, 0.717) is 15.7 Å². The van der Waals surface area contributed by atoms with E-state index < -0.39 is 0 Å². The molecule has 0 aliphatic heterocycles. The molecule has 1 aromatic rings. The molecule has 0 radical (unpaired) electrons. The third kappa shape index (κ3) is 5.64. The molecule has 5 rings (SSSR count). The minimum atomic E-state index is -0.109. The Hall–Kier alpha value is -0.600. The molecule has 1 aromatic carbocycles. The Bertz CT molecular complexity index is 806. The lowest BCUT2D eigenvalue weighted by atomic mass is 9.47. The fourth-order valence-electron chi connectivity index (χ4n) is 8.99. The maximum absolute atomic E-state index is 10.3. The van der Waals surface area contributed by atoms with Crippen LogP contribution >= 0.6 is 15.9 Å². The van der Waals surface area contributed by atoms with Gasteiger partial charge in [-0.3, -0.25) is 0 Å². The van der Waals surface area contributed by atoms with Crippen molar-refractivity contribution < 1.29 is 5.11 Å². The topological polar surface area (TPSA) is 20.2 Å². The Labute approximate surface area is 224 Å². The van der Waals surface area contributed by atoms with E-state index in [1.165, 1.54) is 51.4 Å². The molecule has 35 heavy (non-hydrogen) atoms. The van der Waals surface area contributed by atoms with Gasteiger partial charge in [-0.2, -0.15) is 0 Å². The van der Waals surface area contributed by atoms with E-state index in [1.54, 1.807) is 5.57 Å². The van der Waals surface area contributed by atoms with E-state index in [4.69, 9.17) is 0 Å². The average Bonchev–Trinajstić information content (AvgIpc) is 3.19. The number of allylic oxidation sites excluding steroid dienone is 1. The predicted octanol–water partition coefficient (Wildman–Crippen LogP) is 9.45. The first-order valence-corrected chi connectivity index (χ1v) is 15.6. The molecule has 2 heteroatoms. The Morgan fingerprint density at radius 3 is 2.17 bits per heavy atom. The van der Waals surface area contributed by atoms with E-state index in [2.05, 4.69) is 56.6 Å². The van der Waals surface area contributed by atoms with Gasteiger partial charge in [-0.05, 0) is 91.3 Å². The van der Waals surface area contributed by atoms with Crippen LogP contribution in [0.25, 0.3) is 0 Å². The third-order valence-corrected chi connectivity index (χ3v) is 11.8. The molecule has 4 aliphatic carbocycles. The summed E-state index contributed by atoms with van der Waals surface area (Å²) in [6.45, 7) is 12.5. The Balaban J connectivity index is 0.000000421. The fourth-order valence-corrected chi connectivity index (χ4v) is 10.0. The minimum Gasteiger partial charge on any atom is -0.393 e. The van der Waals surface area contributed by atoms with Crippen molar-refractivity contribution in [2.24, 2.45) is 46.3 Å². The SMILES string of the molecule is CC(C)CCCC(C)[C@H]1CC[C@H]2[C@@H]3C(Br)C=C4C[C@@H](O)CC[C@]4(C)[C@H]3CC[C@]12C.c1ccccc1. The summed E-state index contributed by atoms with van der Waals surface area (Å²) in [4.78, 5) is 0.514. The Morgan fingerprint density at radius 2 is 1.54 bits per heavy atom. The molecule has 2 unspecified atom stereocenters. The summed E-state index contributed by atoms with van der Waals surface area (Å²) in [6.07, 6.45) is 15.5. The van der Waals surface area contributed by atoms with Crippen molar-refractivity contribution in [3.05, 3.63) is 48.0 Å². The second-order valence-corrected chi connectivity index (χ2v) is 14.5. The molecule has 9 atom stereocenters. The van der Waals surface area contributed by atoms with Crippen LogP contribution in [0.2, 0.25) is 0 Å². The van der Waals surface area contributed by atoms with Gasteiger partial charge in [-0.25, -0.2) is 0 Å². The van der Waals surface area contributed by atoms with E-state index in [-0.39, 0.29) is 6.10 Å². The quantitative estimate of drug-likeness (QED) is 0.290. The number of hydrogen-bond donors (Lipinski definition) is 1. The van der Waals surface area contributed by atoms with Gasteiger partial charge in [0, 0.05) is 4.83 Å². The zero-order valence-electron chi connectivity index (χ0n) is 23.1. The van der Waals surface area contributed by atoms with E-state index in [1.807, 2.05) is 36.4 Å². The first kappa shape index (κ1) is 27.4. The molecule has 0 amide bonds. The van der Waals surface area contributed by atoms with Crippen LogP contribution in [-0.4, -0.2) is 16.0 Å². The largest absolute Gasteiger partial charge is 0.393 e. The Morgan fingerprint density at radius 1 is 0.886 bits per heavy atom. The number of benzene rings is 1. The van der Waals surface area contributed by atoms with Crippen LogP contribution < -0.4 is 0 Å². The normalized spacial score (nSPS) is 41.1. The zero-order valence-corrected chi connectivity index (χ0v) is 24.6. The van der Waals surface area contributed by atoms with Crippen LogP contribution in [0, 0.1) is 46.3 Å². The van der Waals surface area contributed by atoms with Gasteiger partial charge in [-0.1, -0.05) is 118 Å². The molecule has 0 heterocycles. The van der Waals surface area contributed by atoms with Crippen molar-refractivity contribution in [1.82, 2.24) is 0 Å². The predicted molar refractivity (Wildman–Crippen MR) is 154 cm³/mol. The average molecular weight is 544 g/mol. The highest BCUT2D eigenvalue weighted by atomic mass is 79.9. The number of aliphatic hydroxyl groups is 1. The lowest BCUT2D eigenvalue weighted by Crippen LogP contribution is -2.53. The first-order chi connectivity index (χ1) is 16.7. The maximum atomic E-state index is 10.3. The number of fused-ring (bicyclic) bond motifs is 5. The second-order valence-electron chi connectivity index (χ2n) is 13.4. The van der Waals surface area contributed by atoms with Gasteiger partial charge in [0.2, 0.25) is 0 Å². The smallest absolute Gasteiger partial charge is 0.0577 e. The van der Waals surface area contributed by atoms with Gasteiger partial charge in [0.05, 0.1) is 6.10 Å². The summed E-state index contributed by atoms with van der Waals surface area (Å²) in [5, 5.41) is 10.3. The second kappa shape index (κ2) is 11.4. The van der Waals surface area contributed by atoms with Crippen molar-refractivity contribution in [2.45, 2.75) is 110 Å². The number of halogens is 1. The maximum Gasteiger partial charge on any atom is 0.0577 e. The molecule has 3 fully saturated rings. The summed E-state index contributed by atoms with van der Waals surface area (Å²) in [5.74, 6) is 5.13. The summed E-state index contributed by atoms with van der Waals surface area (Å²) in [7, 11) is 0. The van der Waals surface area contributed by atoms with Crippen molar-refractivity contribution in [3.63, 3.8) is 0 Å². The van der Waals surface area contributed by atoms with Gasteiger partial charge < -0.3 is 5.11 Å². The summed E-state index contributed by atoms with van der Waals surface area (Å²) in [6, 6.07) is 12.0. The van der Waals surface area contributed by atoms with Crippen molar-refractivity contribution in [2.75, 3.05) is 0 Å². The zero-order chi connectivity index (χ0) is 25.2. The van der Waals surface area contributed by atoms with Gasteiger partial charge in [0.1, 0.15) is 0 Å². The molecular formula is C33H51BrO. The molecule has 3 saturated carbocycles. The van der Waals surface area contributed by atoms with Crippen LogP contribution in [0.5, 0.6) is 0 Å². The number of rotatable bonds is 5. The molecule has 0 bridgehead atoms. The molecule has 0 aromatic heterocycles. The van der Waals surface area contributed by atoms with Gasteiger partial charge in [0.25, 0.3) is 0 Å². The lowest BCUT2D eigenvalue weighted by Gasteiger charge is -2.59. The van der Waals surface area contributed by atoms with Crippen molar-refractivity contribution >= 4 is 15.9 Å². The van der Waals surface area contributed by atoms with Crippen molar-refractivity contribution in [3.8, 4) is 0 Å². The standard InChI is InChI=1S/C27H45BrO.C6H6/c1-17(2)7-6-8-18(3)21-9-10-22-25-23(12-14-27(21,22)5)26(4)13-11-20(29)15-19(26)16-24(25)28;1-2-4-6-5-3-1/h16-18,20-25,29H,6-15H2,1-5H3;1-6H/t18?,20-,21+,22-,23-,24?,25-,26-,27+;/m0./s1. The highest BCUT2D eigenvalue weighted by Gasteiger charge is 2.60. The number of aliphatic hydroxyl groups excluding tert-OH is 1. The lowest BCUT2D eigenvalue weighted by molar-refractivity contribution is -0.0543. The molecule has 0 saturated heterocycles. The highest BCUT2D eigenvalue weighted by Crippen LogP contribution is 2.68. The summed E-state index contributed by atoms with van der Waals surface area (Å²) in [5.41, 5.74) is 2.45. The van der Waals surface area contributed by atoms with E-state index in [0.717, 1.165) is 48.3 Å². The molecule has 1 nitrogen and oxygen atoms in total. The molecule has 4 aliphatic rings. The first-order valence-electron chi connectivity index (χ1n) is 14.7. The van der Waals surface area contributed by atoms with Crippen LogP contribution in [0.4, 0.5) is 0 Å². The minimum absolute atomic E-state index is 0.109. The van der Waals surface area contributed by atoms with Gasteiger partial charge in [0.15, 0.2) is 0 Å². The molecular weight excluding hydrogens is 492 g/mol. The fraction of sp³-hybridized carbons (Fsp3) is 0.758. The molecule has 1 N–H and O–H groups in total. The highest BCUT2D eigenvalue weighted by molar-refractivity contribution is 9.09. The van der Waals surface area contributed by atoms with Crippen LogP contribution in [0.15, 0.2) is 48.0 Å². The monoisotopic (exact) mass is 542 g/mol. The van der Waals surface area contributed by atoms with Crippen LogP contribution in [0.1, 0.15) is 98.8 Å². The summed E-state index contributed by atoms with van der Waals surface area (Å²) >= 11 is 4.15. The van der Waals surface area contributed by atoms with Crippen LogP contribution in [0.3, 0.4) is 0 Å². The third-order valence-electron chi connectivity index (χ3n) is 10.9. The summed E-state index contributed by atoms with van der Waals surface area (Å²) < 4.78 is 0. The Kier molecular flexibility index (Phi) is 8.95. The van der Waals surface area contributed by atoms with Gasteiger partial charge in [-0.15, -0.1) is 0 Å². The van der Waals surface area contributed by atoms with Crippen LogP contribution in [-0.2, 0) is 0 Å².